The van der Waals surface area contributed by atoms with Gasteiger partial charge in [0.2, 0.25) is 0 Å². The predicted octanol–water partition coefficient (Wildman–Crippen LogP) is -0.294. The van der Waals surface area contributed by atoms with Crippen LogP contribution >= 0.6 is 11.8 Å². The summed E-state index contributed by atoms with van der Waals surface area (Å²) in [5, 5.41) is 11.3. The van der Waals surface area contributed by atoms with Gasteiger partial charge < -0.3 is 15.4 Å². The average molecular weight is 271 g/mol. The maximum Gasteiger partial charge on any atom is 0.326 e. The number of amides is 1. The minimum absolute atomic E-state index is 0.0231. The summed E-state index contributed by atoms with van der Waals surface area (Å²) >= 11 is 1.49. The fourth-order valence-corrected chi connectivity index (χ4v) is 1.66. The fourth-order valence-electron chi connectivity index (χ4n) is 1.19. The maximum atomic E-state index is 11.7. The summed E-state index contributed by atoms with van der Waals surface area (Å²) in [6.07, 6.45) is 4.29. The van der Waals surface area contributed by atoms with Crippen LogP contribution in [0.4, 0.5) is 0 Å². The van der Waals surface area contributed by atoms with Gasteiger partial charge in [0.25, 0.3) is 11.5 Å². The molecule has 0 aliphatic heterocycles. The monoisotopic (exact) mass is 271 g/mol. The van der Waals surface area contributed by atoms with E-state index >= 15 is 0 Å². The number of carbonyl (C=O) groups excluding carboxylic acids is 1. The number of aromatic amines is 1. The Kier molecular flexibility index (Phi) is 5.37. The number of aromatic nitrogens is 2. The molecular formula is C10H13N3O4S. The van der Waals surface area contributed by atoms with Crippen molar-refractivity contribution in [2.24, 2.45) is 0 Å². The third-order valence-electron chi connectivity index (χ3n) is 2.12. The van der Waals surface area contributed by atoms with Gasteiger partial charge in [0.05, 0.1) is 6.20 Å². The van der Waals surface area contributed by atoms with Crippen molar-refractivity contribution in [3.63, 3.8) is 0 Å². The van der Waals surface area contributed by atoms with Crippen molar-refractivity contribution in [3.05, 3.63) is 28.4 Å². The zero-order valence-corrected chi connectivity index (χ0v) is 10.5. The molecule has 0 spiro atoms. The molecule has 1 heterocycles. The van der Waals surface area contributed by atoms with Crippen LogP contribution in [0.2, 0.25) is 0 Å². The lowest BCUT2D eigenvalue weighted by Crippen LogP contribution is -2.41. The van der Waals surface area contributed by atoms with Crippen molar-refractivity contribution in [1.29, 1.82) is 0 Å². The molecule has 0 radical (unpaired) electrons. The first kappa shape index (κ1) is 14.2. The molecule has 1 amide bonds. The van der Waals surface area contributed by atoms with E-state index in [4.69, 9.17) is 5.11 Å². The van der Waals surface area contributed by atoms with E-state index in [2.05, 4.69) is 15.3 Å². The number of hydrogen-bond acceptors (Lipinski definition) is 5. The Labute approximate surface area is 107 Å². The van der Waals surface area contributed by atoms with E-state index in [-0.39, 0.29) is 5.69 Å². The van der Waals surface area contributed by atoms with Crippen LogP contribution in [0.1, 0.15) is 16.9 Å². The molecule has 1 unspecified atom stereocenters. The third kappa shape index (κ3) is 4.21. The van der Waals surface area contributed by atoms with Gasteiger partial charge in [-0.3, -0.25) is 9.59 Å². The molecule has 0 aliphatic carbocycles. The van der Waals surface area contributed by atoms with Crippen LogP contribution in [-0.2, 0) is 4.79 Å². The molecule has 1 aromatic heterocycles. The van der Waals surface area contributed by atoms with E-state index in [0.29, 0.717) is 12.2 Å². The topological polar surface area (TPSA) is 112 Å². The molecule has 3 N–H and O–H groups in total. The molecule has 0 fully saturated rings. The Morgan fingerprint density at radius 2 is 2.33 bits per heavy atom. The second kappa shape index (κ2) is 6.80. The Morgan fingerprint density at radius 3 is 2.83 bits per heavy atom. The minimum Gasteiger partial charge on any atom is -0.480 e. The van der Waals surface area contributed by atoms with Crippen LogP contribution in [0.3, 0.4) is 0 Å². The second-order valence-corrected chi connectivity index (χ2v) is 4.43. The number of carboxylic acids is 1. The number of nitrogens with zero attached hydrogens (tertiary/aromatic N) is 1. The van der Waals surface area contributed by atoms with Crippen molar-refractivity contribution in [1.82, 2.24) is 15.3 Å². The van der Waals surface area contributed by atoms with E-state index in [1.54, 1.807) is 0 Å². The van der Waals surface area contributed by atoms with Crippen molar-refractivity contribution in [3.8, 4) is 0 Å². The normalized spacial score (nSPS) is 11.8. The Morgan fingerprint density at radius 1 is 1.61 bits per heavy atom. The molecule has 0 aliphatic rings. The summed E-state index contributed by atoms with van der Waals surface area (Å²) in [6.45, 7) is 0. The highest BCUT2D eigenvalue weighted by atomic mass is 32.2. The van der Waals surface area contributed by atoms with Gasteiger partial charge in [-0.15, -0.1) is 0 Å². The SMILES string of the molecule is CSCCC(NC(=O)c1c[nH]c(=O)cn1)C(=O)O. The highest BCUT2D eigenvalue weighted by molar-refractivity contribution is 7.98. The number of H-pyrrole nitrogens is 1. The molecule has 0 saturated heterocycles. The van der Waals surface area contributed by atoms with Gasteiger partial charge in [-0.1, -0.05) is 0 Å². The van der Waals surface area contributed by atoms with Crippen LogP contribution in [0.25, 0.3) is 0 Å². The van der Waals surface area contributed by atoms with E-state index < -0.39 is 23.5 Å². The van der Waals surface area contributed by atoms with Gasteiger partial charge in [0.1, 0.15) is 11.7 Å². The number of carbonyl (C=O) groups is 2. The predicted molar refractivity (Wildman–Crippen MR) is 66.7 cm³/mol. The molecule has 0 aromatic carbocycles. The van der Waals surface area contributed by atoms with Gasteiger partial charge >= 0.3 is 5.97 Å². The highest BCUT2D eigenvalue weighted by Gasteiger charge is 2.20. The molecule has 1 rings (SSSR count). The van der Waals surface area contributed by atoms with E-state index in [1.807, 2.05) is 6.26 Å². The van der Waals surface area contributed by atoms with Gasteiger partial charge in [0.15, 0.2) is 0 Å². The number of nitrogens with one attached hydrogen (secondary N) is 2. The van der Waals surface area contributed by atoms with Crippen LogP contribution in [-0.4, -0.2) is 45.0 Å². The van der Waals surface area contributed by atoms with E-state index in [9.17, 15) is 14.4 Å². The zero-order chi connectivity index (χ0) is 13.5. The standard InChI is InChI=1S/C10H13N3O4S/c1-18-3-2-6(10(16)17)13-9(15)7-4-12-8(14)5-11-7/h4-6H,2-3H2,1H3,(H,12,14)(H,13,15)(H,16,17). The van der Waals surface area contributed by atoms with Crippen LogP contribution in [0, 0.1) is 0 Å². The van der Waals surface area contributed by atoms with Gasteiger partial charge in [-0.25, -0.2) is 9.78 Å². The lowest BCUT2D eigenvalue weighted by atomic mass is 10.2. The van der Waals surface area contributed by atoms with Crippen molar-refractivity contribution >= 4 is 23.6 Å². The molecule has 7 nitrogen and oxygen atoms in total. The van der Waals surface area contributed by atoms with Crippen molar-refractivity contribution in [2.75, 3.05) is 12.0 Å². The quantitative estimate of drug-likeness (QED) is 0.655. The highest BCUT2D eigenvalue weighted by Crippen LogP contribution is 2.02. The van der Waals surface area contributed by atoms with E-state index in [1.165, 1.54) is 11.8 Å². The van der Waals surface area contributed by atoms with Crippen LogP contribution in [0.15, 0.2) is 17.2 Å². The lowest BCUT2D eigenvalue weighted by molar-refractivity contribution is -0.139. The van der Waals surface area contributed by atoms with Crippen LogP contribution in [0.5, 0.6) is 0 Å². The number of aliphatic carboxylic acids is 1. The summed E-state index contributed by atoms with van der Waals surface area (Å²) in [5.74, 6) is -1.10. The van der Waals surface area contributed by atoms with Gasteiger partial charge in [-0.05, 0) is 18.4 Å². The summed E-state index contributed by atoms with van der Waals surface area (Å²) in [6, 6.07) is -0.960. The second-order valence-electron chi connectivity index (χ2n) is 3.44. The van der Waals surface area contributed by atoms with E-state index in [0.717, 1.165) is 12.4 Å². The fraction of sp³-hybridized carbons (Fsp3) is 0.400. The first-order valence-corrected chi connectivity index (χ1v) is 6.51. The lowest BCUT2D eigenvalue weighted by Gasteiger charge is -2.13. The maximum absolute atomic E-state index is 11.7. The Balaban J connectivity index is 2.68. The molecule has 8 heteroatoms. The van der Waals surface area contributed by atoms with Crippen LogP contribution < -0.4 is 10.9 Å². The number of carboxylic acid groups (broad SMARTS) is 1. The summed E-state index contributed by atoms with van der Waals surface area (Å²) in [7, 11) is 0. The Bertz CT molecular complexity index is 468. The molecular weight excluding hydrogens is 258 g/mol. The van der Waals surface area contributed by atoms with Gasteiger partial charge in [-0.2, -0.15) is 11.8 Å². The third-order valence-corrected chi connectivity index (χ3v) is 2.76. The molecule has 1 aromatic rings. The van der Waals surface area contributed by atoms with Crippen molar-refractivity contribution < 1.29 is 14.7 Å². The smallest absolute Gasteiger partial charge is 0.326 e. The number of thioether (sulfide) groups is 1. The first-order chi connectivity index (χ1) is 8.54. The zero-order valence-electron chi connectivity index (χ0n) is 9.67. The molecule has 0 saturated carbocycles. The van der Waals surface area contributed by atoms with Gasteiger partial charge in [0, 0.05) is 6.20 Å². The van der Waals surface area contributed by atoms with Crippen molar-refractivity contribution in [2.45, 2.75) is 12.5 Å². The molecule has 0 bridgehead atoms. The molecule has 1 atom stereocenters. The largest absolute Gasteiger partial charge is 0.480 e. The Hall–Kier alpha value is -1.83. The number of hydrogen-bond donors (Lipinski definition) is 3. The molecule has 18 heavy (non-hydrogen) atoms. The average Bonchev–Trinajstić information content (AvgIpc) is 2.34. The first-order valence-electron chi connectivity index (χ1n) is 5.12. The number of rotatable bonds is 6. The minimum atomic E-state index is -1.10. The summed E-state index contributed by atoms with van der Waals surface area (Å²) in [5.41, 5.74) is -0.450. The molecule has 98 valence electrons. The summed E-state index contributed by atoms with van der Waals surface area (Å²) in [4.78, 5) is 39.3. The summed E-state index contributed by atoms with van der Waals surface area (Å²) < 4.78 is 0.